The van der Waals surface area contributed by atoms with Gasteiger partial charge in [-0.3, -0.25) is 4.57 Å². The minimum atomic E-state index is -0.679. The van der Waals surface area contributed by atoms with Gasteiger partial charge in [0.15, 0.2) is 11.6 Å². The van der Waals surface area contributed by atoms with Crippen molar-refractivity contribution < 1.29 is 14.3 Å². The van der Waals surface area contributed by atoms with Crippen molar-refractivity contribution >= 4 is 6.03 Å². The van der Waals surface area contributed by atoms with Gasteiger partial charge in [-0.2, -0.15) is 0 Å². The molecule has 0 aliphatic heterocycles. The second-order valence-corrected chi connectivity index (χ2v) is 6.02. The quantitative estimate of drug-likeness (QED) is 0.920. The van der Waals surface area contributed by atoms with E-state index in [1.54, 1.807) is 11.1 Å². The number of hydrogen-bond acceptors (Lipinski definition) is 3. The molecule has 2 aromatic rings. The highest BCUT2D eigenvalue weighted by Crippen LogP contribution is 2.25. The van der Waals surface area contributed by atoms with Gasteiger partial charge in [0.2, 0.25) is 0 Å². The first-order valence-electron chi connectivity index (χ1n) is 7.86. The maximum Gasteiger partial charge on any atom is 0.329 e. The number of phenols is 1. The molecule has 0 saturated heterocycles. The maximum absolute atomic E-state index is 13.1. The standard InChI is InChI=1S/C17H20FN3O2/c1-20(13-5-3-2-4-6-13)17(23)21-10-15(19-11-21)12-7-8-14(18)16(22)9-12/h7-11,13,22H,2-6H2,1H3. The van der Waals surface area contributed by atoms with Crippen LogP contribution in [0.3, 0.4) is 0 Å². The molecule has 5 nitrogen and oxygen atoms in total. The molecule has 0 bridgehead atoms. The van der Waals surface area contributed by atoms with E-state index in [4.69, 9.17) is 0 Å². The fraction of sp³-hybridized carbons (Fsp3) is 0.412. The highest BCUT2D eigenvalue weighted by molar-refractivity contribution is 5.78. The molecule has 0 radical (unpaired) electrons. The van der Waals surface area contributed by atoms with Crippen molar-refractivity contribution in [2.45, 2.75) is 38.1 Å². The third-order valence-electron chi connectivity index (χ3n) is 4.47. The van der Waals surface area contributed by atoms with Crippen LogP contribution in [0, 0.1) is 5.82 Å². The maximum atomic E-state index is 13.1. The molecule has 1 N–H and O–H groups in total. The number of aromatic nitrogens is 2. The highest BCUT2D eigenvalue weighted by atomic mass is 19.1. The molecule has 0 atom stereocenters. The van der Waals surface area contributed by atoms with Crippen molar-refractivity contribution in [2.75, 3.05) is 7.05 Å². The number of halogens is 1. The van der Waals surface area contributed by atoms with Crippen LogP contribution in [0.25, 0.3) is 11.3 Å². The number of phenolic OH excluding ortho intramolecular Hbond substituents is 1. The van der Waals surface area contributed by atoms with Crippen LogP contribution in [0.1, 0.15) is 32.1 Å². The van der Waals surface area contributed by atoms with Crippen LogP contribution in [0.15, 0.2) is 30.7 Å². The lowest BCUT2D eigenvalue weighted by atomic mass is 9.95. The van der Waals surface area contributed by atoms with Gasteiger partial charge in [0, 0.05) is 24.8 Å². The van der Waals surface area contributed by atoms with E-state index in [9.17, 15) is 14.3 Å². The molecule has 1 amide bonds. The van der Waals surface area contributed by atoms with Crippen LogP contribution >= 0.6 is 0 Å². The number of amides is 1. The Hall–Kier alpha value is -2.37. The largest absolute Gasteiger partial charge is 0.505 e. The summed E-state index contributed by atoms with van der Waals surface area (Å²) in [5.74, 6) is -1.11. The van der Waals surface area contributed by atoms with Crippen LogP contribution in [0.5, 0.6) is 5.75 Å². The van der Waals surface area contributed by atoms with Gasteiger partial charge in [-0.15, -0.1) is 0 Å². The van der Waals surface area contributed by atoms with Gasteiger partial charge in [0.25, 0.3) is 0 Å². The molecule has 3 rings (SSSR count). The van der Waals surface area contributed by atoms with Crippen LogP contribution in [-0.2, 0) is 0 Å². The van der Waals surface area contributed by atoms with Gasteiger partial charge in [-0.1, -0.05) is 19.3 Å². The summed E-state index contributed by atoms with van der Waals surface area (Å²) in [4.78, 5) is 18.5. The fourth-order valence-electron chi connectivity index (χ4n) is 3.06. The first-order valence-corrected chi connectivity index (χ1v) is 7.86. The van der Waals surface area contributed by atoms with Crippen molar-refractivity contribution in [3.05, 3.63) is 36.5 Å². The first-order chi connectivity index (χ1) is 11.1. The van der Waals surface area contributed by atoms with Crippen LogP contribution in [-0.4, -0.2) is 38.7 Å². The second-order valence-electron chi connectivity index (χ2n) is 6.02. The normalized spacial score (nSPS) is 15.6. The lowest BCUT2D eigenvalue weighted by Crippen LogP contribution is -2.40. The Labute approximate surface area is 134 Å². The lowest BCUT2D eigenvalue weighted by molar-refractivity contribution is 0.175. The Morgan fingerprint density at radius 3 is 2.78 bits per heavy atom. The van der Waals surface area contributed by atoms with Crippen molar-refractivity contribution in [3.63, 3.8) is 0 Å². The van der Waals surface area contributed by atoms with Gasteiger partial charge in [0.1, 0.15) is 6.33 Å². The van der Waals surface area contributed by atoms with Crippen molar-refractivity contribution in [2.24, 2.45) is 0 Å². The van der Waals surface area contributed by atoms with Crippen LogP contribution < -0.4 is 0 Å². The van der Waals surface area contributed by atoms with Gasteiger partial charge in [0.05, 0.1) is 5.69 Å². The second kappa shape index (κ2) is 6.40. The zero-order valence-electron chi connectivity index (χ0n) is 13.1. The number of nitrogens with zero attached hydrogens (tertiary/aromatic N) is 3. The van der Waals surface area contributed by atoms with Crippen molar-refractivity contribution in [1.29, 1.82) is 0 Å². The van der Waals surface area contributed by atoms with Crippen LogP contribution in [0.4, 0.5) is 9.18 Å². The number of imidazole rings is 1. The number of rotatable bonds is 2. The van der Waals surface area contributed by atoms with E-state index in [0.29, 0.717) is 11.3 Å². The zero-order valence-corrected chi connectivity index (χ0v) is 13.1. The molecule has 23 heavy (non-hydrogen) atoms. The molecule has 1 aromatic heterocycles. The number of hydrogen-bond donors (Lipinski definition) is 1. The number of carbonyl (C=O) groups is 1. The van der Waals surface area contributed by atoms with E-state index >= 15 is 0 Å². The van der Waals surface area contributed by atoms with Gasteiger partial charge < -0.3 is 10.0 Å². The molecule has 6 heteroatoms. The number of carbonyl (C=O) groups excluding carboxylic acids is 1. The molecule has 0 spiro atoms. The van der Waals surface area contributed by atoms with E-state index in [1.807, 2.05) is 7.05 Å². The molecule has 122 valence electrons. The summed E-state index contributed by atoms with van der Waals surface area (Å²) in [7, 11) is 1.82. The Kier molecular flexibility index (Phi) is 4.32. The average Bonchev–Trinajstić information content (AvgIpc) is 3.07. The van der Waals surface area contributed by atoms with Gasteiger partial charge in [-0.25, -0.2) is 14.2 Å². The smallest absolute Gasteiger partial charge is 0.329 e. The third kappa shape index (κ3) is 3.21. The minimum absolute atomic E-state index is 0.123. The van der Waals surface area contributed by atoms with E-state index < -0.39 is 11.6 Å². The monoisotopic (exact) mass is 317 g/mol. The molecule has 1 aromatic carbocycles. The molecule has 1 fully saturated rings. The van der Waals surface area contributed by atoms with Crippen LogP contribution in [0.2, 0.25) is 0 Å². The summed E-state index contributed by atoms with van der Waals surface area (Å²) >= 11 is 0. The molecule has 1 heterocycles. The zero-order chi connectivity index (χ0) is 16.4. The lowest BCUT2D eigenvalue weighted by Gasteiger charge is -2.31. The first kappa shape index (κ1) is 15.5. The molecule has 0 unspecified atom stereocenters. The molecular formula is C17H20FN3O2. The Bertz CT molecular complexity index is 708. The van der Waals surface area contributed by atoms with E-state index in [2.05, 4.69) is 4.98 Å². The molecule has 1 aliphatic carbocycles. The SMILES string of the molecule is CN(C(=O)n1cnc(-c2ccc(F)c(O)c2)c1)C1CCCCC1. The highest BCUT2D eigenvalue weighted by Gasteiger charge is 2.23. The summed E-state index contributed by atoms with van der Waals surface area (Å²) in [5, 5.41) is 9.45. The molecular weight excluding hydrogens is 297 g/mol. The van der Waals surface area contributed by atoms with Gasteiger partial charge >= 0.3 is 6.03 Å². The molecule has 1 aliphatic rings. The topological polar surface area (TPSA) is 58.4 Å². The number of aromatic hydroxyl groups is 1. The summed E-state index contributed by atoms with van der Waals surface area (Å²) in [6, 6.07) is 4.16. The average molecular weight is 317 g/mol. The Morgan fingerprint density at radius 1 is 1.35 bits per heavy atom. The summed E-state index contributed by atoms with van der Waals surface area (Å²) in [6.45, 7) is 0. The Balaban J connectivity index is 1.77. The van der Waals surface area contributed by atoms with E-state index in [-0.39, 0.29) is 12.1 Å². The van der Waals surface area contributed by atoms with Gasteiger partial charge in [-0.05, 0) is 31.0 Å². The predicted molar refractivity (Wildman–Crippen MR) is 84.7 cm³/mol. The third-order valence-corrected chi connectivity index (χ3v) is 4.47. The Morgan fingerprint density at radius 2 is 2.09 bits per heavy atom. The van der Waals surface area contributed by atoms with E-state index in [0.717, 1.165) is 25.7 Å². The van der Waals surface area contributed by atoms with Crippen molar-refractivity contribution in [1.82, 2.24) is 14.5 Å². The molecule has 1 saturated carbocycles. The number of benzene rings is 1. The fourth-order valence-corrected chi connectivity index (χ4v) is 3.06. The summed E-state index contributed by atoms with van der Waals surface area (Å²) in [5.41, 5.74) is 1.08. The predicted octanol–water partition coefficient (Wildman–Crippen LogP) is 3.63. The summed E-state index contributed by atoms with van der Waals surface area (Å²) in [6.07, 6.45) is 8.69. The summed E-state index contributed by atoms with van der Waals surface area (Å²) < 4.78 is 14.6. The minimum Gasteiger partial charge on any atom is -0.505 e. The van der Waals surface area contributed by atoms with Crippen molar-refractivity contribution in [3.8, 4) is 17.0 Å². The van der Waals surface area contributed by atoms with E-state index in [1.165, 1.54) is 35.5 Å².